The number of nitrogens with one attached hydrogen (secondary N) is 2. The molecule has 7 heteroatoms. The Morgan fingerprint density at radius 3 is 2.70 bits per heavy atom. The van der Waals surface area contributed by atoms with Crippen LogP contribution in [0.4, 0.5) is 11.5 Å². The van der Waals surface area contributed by atoms with Crippen LogP contribution in [0.1, 0.15) is 18.7 Å². The number of para-hydroxylation sites is 1. The van der Waals surface area contributed by atoms with E-state index in [4.69, 9.17) is 22.8 Å². The van der Waals surface area contributed by atoms with Gasteiger partial charge >= 0.3 is 0 Å². The summed E-state index contributed by atoms with van der Waals surface area (Å²) in [7, 11) is 0. The number of piperidine rings is 1. The van der Waals surface area contributed by atoms with Crippen molar-refractivity contribution in [2.24, 2.45) is 5.92 Å². The fourth-order valence-electron chi connectivity index (χ4n) is 3.84. The Morgan fingerprint density at radius 2 is 2.03 bits per heavy atom. The van der Waals surface area contributed by atoms with Gasteiger partial charge in [-0.3, -0.25) is 4.98 Å². The minimum absolute atomic E-state index is 0.318. The number of anilines is 2. The number of ether oxygens (including phenoxy) is 1. The maximum absolute atomic E-state index is 6.37. The van der Waals surface area contributed by atoms with Crippen molar-refractivity contribution in [2.75, 3.05) is 11.9 Å². The second-order valence-corrected chi connectivity index (χ2v) is 8.37. The van der Waals surface area contributed by atoms with Crippen LogP contribution in [-0.2, 0) is 0 Å². The van der Waals surface area contributed by atoms with E-state index in [1.807, 2.05) is 36.4 Å². The highest BCUT2D eigenvalue weighted by atomic mass is 35.5. The third-order valence-electron chi connectivity index (χ3n) is 5.63. The topological polar surface area (TPSA) is 72.0 Å². The molecule has 0 spiro atoms. The summed E-state index contributed by atoms with van der Waals surface area (Å²) < 4.78 is 5.75. The van der Waals surface area contributed by atoms with Gasteiger partial charge in [-0.05, 0) is 73.7 Å². The molecular formula is C26H22ClN5O. The van der Waals surface area contributed by atoms with E-state index < -0.39 is 0 Å². The summed E-state index contributed by atoms with van der Waals surface area (Å²) in [5.41, 5.74) is 1.52. The minimum Gasteiger partial charge on any atom is -0.454 e. The second kappa shape index (κ2) is 9.45. The van der Waals surface area contributed by atoms with E-state index in [9.17, 15) is 0 Å². The first-order valence-electron chi connectivity index (χ1n) is 10.8. The van der Waals surface area contributed by atoms with E-state index >= 15 is 0 Å². The van der Waals surface area contributed by atoms with Crippen LogP contribution in [0.5, 0.6) is 11.5 Å². The lowest BCUT2D eigenvalue weighted by molar-refractivity contribution is 0.480. The first-order valence-corrected chi connectivity index (χ1v) is 11.2. The lowest BCUT2D eigenvalue weighted by Crippen LogP contribution is -2.10. The lowest BCUT2D eigenvalue weighted by Gasteiger charge is -2.12. The number of halogens is 1. The number of hydrogen-bond acceptors (Lipinski definition) is 6. The number of rotatable bonds is 4. The Balaban J connectivity index is 0.000000324. The van der Waals surface area contributed by atoms with Crippen LogP contribution in [0.3, 0.4) is 0 Å². The largest absolute Gasteiger partial charge is 0.454 e. The Bertz CT molecular complexity index is 1310. The molecule has 6 nitrogen and oxygen atoms in total. The van der Waals surface area contributed by atoms with Crippen molar-refractivity contribution >= 4 is 34.0 Å². The van der Waals surface area contributed by atoms with Crippen molar-refractivity contribution < 1.29 is 4.74 Å². The van der Waals surface area contributed by atoms with Crippen LogP contribution in [-0.4, -0.2) is 27.5 Å². The van der Waals surface area contributed by atoms with Gasteiger partial charge in [0.2, 0.25) is 5.82 Å². The molecule has 0 bridgehead atoms. The highest BCUT2D eigenvalue weighted by Gasteiger charge is 2.40. The van der Waals surface area contributed by atoms with Crippen molar-refractivity contribution in [1.29, 1.82) is 0 Å². The van der Waals surface area contributed by atoms with Gasteiger partial charge in [-0.15, -0.1) is 6.42 Å². The fourth-order valence-corrected chi connectivity index (χ4v) is 4.06. The molecule has 33 heavy (non-hydrogen) atoms. The van der Waals surface area contributed by atoms with E-state index in [1.54, 1.807) is 30.6 Å². The average Bonchev–Trinajstić information content (AvgIpc) is 3.45. The molecule has 3 heterocycles. The molecule has 2 atom stereocenters. The molecule has 164 valence electrons. The zero-order valence-electron chi connectivity index (χ0n) is 17.8. The summed E-state index contributed by atoms with van der Waals surface area (Å²) in [4.78, 5) is 12.7. The molecule has 2 N–H and O–H groups in total. The summed E-state index contributed by atoms with van der Waals surface area (Å²) in [5, 5.41) is 7.97. The molecule has 2 unspecified atom stereocenters. The minimum atomic E-state index is 0.318. The molecule has 0 amide bonds. The summed E-state index contributed by atoms with van der Waals surface area (Å²) in [6.07, 6.45) is 11.7. The zero-order chi connectivity index (χ0) is 22.6. The lowest BCUT2D eigenvalue weighted by atomic mass is 10.2. The fraction of sp³-hybridized carbons (Fsp3) is 0.192. The van der Waals surface area contributed by atoms with Crippen molar-refractivity contribution in [3.05, 3.63) is 77.8 Å². The van der Waals surface area contributed by atoms with Crippen LogP contribution in [0.2, 0.25) is 5.02 Å². The first kappa shape index (κ1) is 21.2. The number of aromatic nitrogens is 3. The summed E-state index contributed by atoms with van der Waals surface area (Å²) in [6.45, 7) is 1.29. The molecule has 1 saturated heterocycles. The van der Waals surface area contributed by atoms with Gasteiger partial charge in [0.1, 0.15) is 17.3 Å². The van der Waals surface area contributed by atoms with Crippen LogP contribution in [0.25, 0.3) is 10.9 Å². The molecule has 2 aromatic carbocycles. The van der Waals surface area contributed by atoms with Crippen LogP contribution < -0.4 is 15.4 Å². The zero-order valence-corrected chi connectivity index (χ0v) is 18.6. The summed E-state index contributed by atoms with van der Waals surface area (Å²) in [6, 6.07) is 17.6. The van der Waals surface area contributed by atoms with Crippen LogP contribution in [0, 0.1) is 18.3 Å². The Labute approximate surface area is 197 Å². The predicted octanol–water partition coefficient (Wildman–Crippen LogP) is 5.56. The molecule has 2 fully saturated rings. The number of fused-ring (bicyclic) bond motifs is 2. The van der Waals surface area contributed by atoms with E-state index in [0.29, 0.717) is 28.2 Å². The highest BCUT2D eigenvalue weighted by molar-refractivity contribution is 6.32. The van der Waals surface area contributed by atoms with Gasteiger partial charge in [0.15, 0.2) is 0 Å². The number of terminal acetylenes is 1. The van der Waals surface area contributed by atoms with Gasteiger partial charge in [-0.2, -0.15) is 0 Å². The third-order valence-corrected chi connectivity index (χ3v) is 5.93. The predicted molar refractivity (Wildman–Crippen MR) is 131 cm³/mol. The molecule has 2 aliphatic rings. The number of benzene rings is 2. The number of pyridine rings is 1. The SMILES string of the molecule is C#Cc1nc(Nc2ccc(Oc3cccnc3)c(Cl)c2)c2ccccc2n1.C1CC2CC2N1. The van der Waals surface area contributed by atoms with Gasteiger partial charge in [-0.25, -0.2) is 9.97 Å². The average molecular weight is 456 g/mol. The maximum Gasteiger partial charge on any atom is 0.207 e. The first-order chi connectivity index (χ1) is 16.2. The van der Waals surface area contributed by atoms with E-state index in [-0.39, 0.29) is 0 Å². The van der Waals surface area contributed by atoms with E-state index in [0.717, 1.165) is 28.6 Å². The second-order valence-electron chi connectivity index (χ2n) is 7.96. The number of hydrogen-bond donors (Lipinski definition) is 2. The van der Waals surface area contributed by atoms with E-state index in [2.05, 4.69) is 31.5 Å². The quantitative estimate of drug-likeness (QED) is 0.392. The third kappa shape index (κ3) is 5.06. The van der Waals surface area contributed by atoms with Crippen molar-refractivity contribution in [1.82, 2.24) is 20.3 Å². The molecule has 4 aromatic rings. The maximum atomic E-state index is 6.37. The Kier molecular flexibility index (Phi) is 6.07. The molecule has 6 rings (SSSR count). The Morgan fingerprint density at radius 1 is 1.12 bits per heavy atom. The molecular weight excluding hydrogens is 434 g/mol. The number of nitrogens with zero attached hydrogens (tertiary/aromatic N) is 3. The van der Waals surface area contributed by atoms with Gasteiger partial charge < -0.3 is 15.4 Å². The summed E-state index contributed by atoms with van der Waals surface area (Å²) >= 11 is 6.37. The van der Waals surface area contributed by atoms with E-state index in [1.165, 1.54) is 19.4 Å². The van der Waals surface area contributed by atoms with Gasteiger partial charge in [0, 0.05) is 23.3 Å². The molecule has 1 aliphatic carbocycles. The van der Waals surface area contributed by atoms with Crippen molar-refractivity contribution in [2.45, 2.75) is 18.9 Å². The van der Waals surface area contributed by atoms with Crippen molar-refractivity contribution in [3.63, 3.8) is 0 Å². The molecule has 0 radical (unpaired) electrons. The molecule has 1 aliphatic heterocycles. The molecule has 2 aromatic heterocycles. The smallest absolute Gasteiger partial charge is 0.207 e. The Hall–Kier alpha value is -3.66. The molecule has 1 saturated carbocycles. The normalized spacial score (nSPS) is 17.9. The summed E-state index contributed by atoms with van der Waals surface area (Å²) in [5.74, 6) is 5.66. The van der Waals surface area contributed by atoms with Gasteiger partial charge in [-0.1, -0.05) is 23.7 Å². The standard InChI is InChI=1S/C21H13ClN4O.C5H9N/c1-2-20-25-18-8-4-3-7-16(18)21(26-20)24-14-9-10-19(17(22)12-14)27-15-6-5-11-23-13-15;1-2-6-5-3-4(1)5/h1,3-13H,(H,24,25,26);4-6H,1-3H2. The van der Waals surface area contributed by atoms with Gasteiger partial charge in [0.05, 0.1) is 16.7 Å². The van der Waals surface area contributed by atoms with Crippen LogP contribution >= 0.6 is 11.6 Å². The van der Waals surface area contributed by atoms with Crippen molar-refractivity contribution in [3.8, 4) is 23.8 Å². The van der Waals surface area contributed by atoms with Gasteiger partial charge in [0.25, 0.3) is 0 Å². The monoisotopic (exact) mass is 455 g/mol. The van der Waals surface area contributed by atoms with Crippen LogP contribution in [0.15, 0.2) is 67.0 Å². The highest BCUT2D eigenvalue weighted by Crippen LogP contribution is 2.37.